The molecule has 1 aliphatic heterocycles. The third kappa shape index (κ3) is 6.85. The molecule has 0 aromatic heterocycles. The summed E-state index contributed by atoms with van der Waals surface area (Å²) in [5, 5.41) is 2.81. The molecule has 1 N–H and O–H groups in total. The summed E-state index contributed by atoms with van der Waals surface area (Å²) in [4.78, 5) is 12.7. The van der Waals surface area contributed by atoms with Crippen LogP contribution >= 0.6 is 0 Å². The lowest BCUT2D eigenvalue weighted by atomic mass is 10.2. The van der Waals surface area contributed by atoms with Crippen molar-refractivity contribution < 1.29 is 27.4 Å². The van der Waals surface area contributed by atoms with Gasteiger partial charge < -0.3 is 19.5 Å². The zero-order valence-corrected chi connectivity index (χ0v) is 20.0. The summed E-state index contributed by atoms with van der Waals surface area (Å²) in [6, 6.07) is 13.5. The summed E-state index contributed by atoms with van der Waals surface area (Å²) in [5.74, 6) is 1.53. The minimum absolute atomic E-state index is 0.230. The first-order valence-electron chi connectivity index (χ1n) is 11.3. The fourth-order valence-corrected chi connectivity index (χ4v) is 5.10. The zero-order valence-electron chi connectivity index (χ0n) is 19.2. The van der Waals surface area contributed by atoms with Crippen molar-refractivity contribution in [2.75, 3.05) is 33.4 Å². The van der Waals surface area contributed by atoms with Crippen LogP contribution in [0.5, 0.6) is 17.2 Å². The van der Waals surface area contributed by atoms with Gasteiger partial charge in [0.1, 0.15) is 23.9 Å². The molecule has 0 aliphatic carbocycles. The Morgan fingerprint density at radius 3 is 2.39 bits per heavy atom. The van der Waals surface area contributed by atoms with Crippen molar-refractivity contribution in [3.05, 3.63) is 48.5 Å². The zero-order chi connectivity index (χ0) is 23.7. The van der Waals surface area contributed by atoms with E-state index >= 15 is 0 Å². The van der Waals surface area contributed by atoms with E-state index < -0.39 is 16.1 Å². The van der Waals surface area contributed by atoms with Crippen LogP contribution in [0, 0.1) is 0 Å². The molecular formula is C24H32N2O6S. The maximum atomic E-state index is 12.7. The van der Waals surface area contributed by atoms with Crippen LogP contribution in [0.2, 0.25) is 0 Å². The summed E-state index contributed by atoms with van der Waals surface area (Å²) in [5.41, 5.74) is 0. The van der Waals surface area contributed by atoms with Gasteiger partial charge in [0.05, 0.1) is 18.6 Å². The maximum absolute atomic E-state index is 12.7. The molecule has 0 bridgehead atoms. The lowest BCUT2D eigenvalue weighted by Crippen LogP contribution is -2.39. The molecule has 1 aliphatic rings. The molecular weight excluding hydrogens is 444 g/mol. The molecule has 0 saturated carbocycles. The number of sulfonamides is 1. The third-order valence-corrected chi connectivity index (χ3v) is 7.34. The van der Waals surface area contributed by atoms with E-state index in [4.69, 9.17) is 14.2 Å². The Morgan fingerprint density at radius 1 is 1.03 bits per heavy atom. The minimum Gasteiger partial charge on any atom is -0.497 e. The molecule has 0 radical (unpaired) electrons. The summed E-state index contributed by atoms with van der Waals surface area (Å²) in [6.07, 6.45) is 2.75. The SMILES string of the molecule is CC[C@@H](Oc1cccc(OC)c1)C(=O)NCCOc1ccc(S(=O)(=O)N2CCCCC2)cc1. The van der Waals surface area contributed by atoms with Crippen molar-refractivity contribution in [3.8, 4) is 17.2 Å². The molecule has 2 aromatic carbocycles. The lowest BCUT2D eigenvalue weighted by Gasteiger charge is -2.25. The van der Waals surface area contributed by atoms with Crippen molar-refractivity contribution in [2.24, 2.45) is 0 Å². The predicted octanol–water partition coefficient (Wildman–Crippen LogP) is 3.22. The summed E-state index contributed by atoms with van der Waals surface area (Å²) in [7, 11) is -1.89. The average Bonchev–Trinajstić information content (AvgIpc) is 2.86. The minimum atomic E-state index is -3.46. The molecule has 8 nitrogen and oxygen atoms in total. The Bertz CT molecular complexity index is 1000. The second kappa shape index (κ2) is 11.9. The van der Waals surface area contributed by atoms with Crippen molar-refractivity contribution in [3.63, 3.8) is 0 Å². The molecule has 1 fully saturated rings. The molecule has 1 heterocycles. The topological polar surface area (TPSA) is 94.2 Å². The van der Waals surface area contributed by atoms with Crippen LogP contribution in [0.4, 0.5) is 0 Å². The highest BCUT2D eigenvalue weighted by atomic mass is 32.2. The van der Waals surface area contributed by atoms with E-state index in [0.717, 1.165) is 19.3 Å². The molecule has 180 valence electrons. The van der Waals surface area contributed by atoms with Gasteiger partial charge in [-0.1, -0.05) is 19.4 Å². The Morgan fingerprint density at radius 2 is 1.73 bits per heavy atom. The Balaban J connectivity index is 1.45. The van der Waals surface area contributed by atoms with Gasteiger partial charge in [0.15, 0.2) is 6.10 Å². The van der Waals surface area contributed by atoms with E-state index in [2.05, 4.69) is 5.32 Å². The predicted molar refractivity (Wildman–Crippen MR) is 125 cm³/mol. The molecule has 2 aromatic rings. The highest BCUT2D eigenvalue weighted by molar-refractivity contribution is 7.89. The van der Waals surface area contributed by atoms with Gasteiger partial charge in [-0.3, -0.25) is 4.79 Å². The van der Waals surface area contributed by atoms with Crippen LogP contribution in [0.15, 0.2) is 53.4 Å². The molecule has 1 atom stereocenters. The Labute approximate surface area is 195 Å². The van der Waals surface area contributed by atoms with E-state index in [9.17, 15) is 13.2 Å². The number of nitrogens with one attached hydrogen (secondary N) is 1. The van der Waals surface area contributed by atoms with E-state index in [1.165, 1.54) is 0 Å². The average molecular weight is 477 g/mol. The second-order valence-electron chi connectivity index (χ2n) is 7.77. The van der Waals surface area contributed by atoms with Gasteiger partial charge in [-0.15, -0.1) is 0 Å². The quantitative estimate of drug-likeness (QED) is 0.501. The molecule has 33 heavy (non-hydrogen) atoms. The van der Waals surface area contributed by atoms with E-state index in [-0.39, 0.29) is 17.4 Å². The van der Waals surface area contributed by atoms with Gasteiger partial charge in [-0.05, 0) is 55.7 Å². The van der Waals surface area contributed by atoms with Gasteiger partial charge in [-0.2, -0.15) is 4.31 Å². The molecule has 9 heteroatoms. The normalized spacial score (nSPS) is 15.5. The fourth-order valence-electron chi connectivity index (χ4n) is 3.58. The van der Waals surface area contributed by atoms with Crippen LogP contribution in [0.3, 0.4) is 0 Å². The number of ether oxygens (including phenoxy) is 3. The number of amides is 1. The first-order chi connectivity index (χ1) is 15.9. The number of hydrogen-bond donors (Lipinski definition) is 1. The van der Waals surface area contributed by atoms with Crippen LogP contribution in [0.25, 0.3) is 0 Å². The monoisotopic (exact) mass is 476 g/mol. The van der Waals surface area contributed by atoms with Gasteiger partial charge in [0.2, 0.25) is 10.0 Å². The smallest absolute Gasteiger partial charge is 0.261 e. The molecule has 3 rings (SSSR count). The molecule has 1 saturated heterocycles. The van der Waals surface area contributed by atoms with Crippen LogP contribution in [-0.4, -0.2) is 58.1 Å². The number of piperidine rings is 1. The van der Waals surface area contributed by atoms with E-state index in [1.54, 1.807) is 59.9 Å². The highest BCUT2D eigenvalue weighted by Crippen LogP contribution is 2.23. The number of rotatable bonds is 11. The first kappa shape index (κ1) is 24.9. The highest BCUT2D eigenvalue weighted by Gasteiger charge is 2.25. The van der Waals surface area contributed by atoms with E-state index in [0.29, 0.717) is 43.3 Å². The number of methoxy groups -OCH3 is 1. The Kier molecular flexibility index (Phi) is 8.96. The number of nitrogens with zero attached hydrogens (tertiary/aromatic N) is 1. The Hall–Kier alpha value is -2.78. The standard InChI is InChI=1S/C24H32N2O6S/c1-3-23(32-21-9-7-8-20(18-21)30-2)24(27)25-14-17-31-19-10-12-22(13-11-19)33(28,29)26-15-5-4-6-16-26/h7-13,18,23H,3-6,14-17H2,1-2H3,(H,25,27)/t23-/m1/s1. The van der Waals surface area contributed by atoms with Gasteiger partial charge >= 0.3 is 0 Å². The van der Waals surface area contributed by atoms with Crippen molar-refractivity contribution in [2.45, 2.75) is 43.6 Å². The summed E-state index contributed by atoms with van der Waals surface area (Å²) in [6.45, 7) is 3.56. The number of carbonyl (C=O) groups excluding carboxylic acids is 1. The maximum Gasteiger partial charge on any atom is 0.261 e. The van der Waals surface area contributed by atoms with Crippen LogP contribution in [0.1, 0.15) is 32.6 Å². The number of carbonyl (C=O) groups is 1. The fraction of sp³-hybridized carbons (Fsp3) is 0.458. The van der Waals surface area contributed by atoms with Crippen molar-refractivity contribution in [1.29, 1.82) is 0 Å². The molecule has 0 unspecified atom stereocenters. The largest absolute Gasteiger partial charge is 0.497 e. The van der Waals surface area contributed by atoms with Crippen molar-refractivity contribution in [1.82, 2.24) is 9.62 Å². The first-order valence-corrected chi connectivity index (χ1v) is 12.7. The van der Waals surface area contributed by atoms with Gasteiger partial charge in [0, 0.05) is 19.2 Å². The van der Waals surface area contributed by atoms with Crippen LogP contribution in [-0.2, 0) is 14.8 Å². The summed E-state index contributed by atoms with van der Waals surface area (Å²) < 4.78 is 43.6. The number of benzene rings is 2. The third-order valence-electron chi connectivity index (χ3n) is 5.43. The van der Waals surface area contributed by atoms with Crippen molar-refractivity contribution >= 4 is 15.9 Å². The molecule has 1 amide bonds. The second-order valence-corrected chi connectivity index (χ2v) is 9.71. The van der Waals surface area contributed by atoms with Crippen LogP contribution < -0.4 is 19.5 Å². The number of hydrogen-bond acceptors (Lipinski definition) is 6. The summed E-state index contributed by atoms with van der Waals surface area (Å²) >= 11 is 0. The lowest BCUT2D eigenvalue weighted by molar-refractivity contribution is -0.128. The molecule has 0 spiro atoms. The van der Waals surface area contributed by atoms with E-state index in [1.807, 2.05) is 6.92 Å². The van der Waals surface area contributed by atoms with Gasteiger partial charge in [-0.25, -0.2) is 8.42 Å². The van der Waals surface area contributed by atoms with Gasteiger partial charge in [0.25, 0.3) is 5.91 Å².